The monoisotopic (exact) mass is 288 g/mol. The number of ether oxygens (including phenoxy) is 1. The highest BCUT2D eigenvalue weighted by atomic mass is 16.5. The second-order valence-corrected chi connectivity index (χ2v) is 6.02. The van der Waals surface area contributed by atoms with Crippen LogP contribution in [0.2, 0.25) is 0 Å². The number of carbonyl (C=O) groups excluding carboxylic acids is 1. The van der Waals surface area contributed by atoms with Gasteiger partial charge in [-0.2, -0.15) is 0 Å². The van der Waals surface area contributed by atoms with E-state index in [1.54, 1.807) is 0 Å². The summed E-state index contributed by atoms with van der Waals surface area (Å²) in [5, 5.41) is 0. The van der Waals surface area contributed by atoms with E-state index < -0.39 is 0 Å². The van der Waals surface area contributed by atoms with E-state index in [-0.39, 0.29) is 5.91 Å². The van der Waals surface area contributed by atoms with Crippen molar-refractivity contribution in [2.24, 2.45) is 0 Å². The van der Waals surface area contributed by atoms with Crippen LogP contribution < -0.4 is 0 Å². The lowest BCUT2D eigenvalue weighted by Crippen LogP contribution is -2.52. The summed E-state index contributed by atoms with van der Waals surface area (Å²) < 4.78 is 5.77. The molecule has 0 spiro atoms. The zero-order valence-corrected chi connectivity index (χ0v) is 12.5. The highest BCUT2D eigenvalue weighted by Gasteiger charge is 2.26. The SMILES string of the molecule is O=C1CN(CC2CCCCO2)CCN1Cc1ccccc1. The summed E-state index contributed by atoms with van der Waals surface area (Å²) in [4.78, 5) is 16.5. The third-order valence-corrected chi connectivity index (χ3v) is 4.35. The molecule has 0 aliphatic carbocycles. The standard InChI is InChI=1S/C17H24N2O2/c20-17-14-18(13-16-8-4-5-11-21-16)9-10-19(17)12-15-6-2-1-3-7-15/h1-3,6-7,16H,4-5,8-14H2. The number of hydrogen-bond donors (Lipinski definition) is 0. The second kappa shape index (κ2) is 7.05. The lowest BCUT2D eigenvalue weighted by Gasteiger charge is -2.36. The molecule has 2 heterocycles. The van der Waals surface area contributed by atoms with E-state index >= 15 is 0 Å². The largest absolute Gasteiger partial charge is 0.377 e. The average molecular weight is 288 g/mol. The van der Waals surface area contributed by atoms with Gasteiger partial charge in [-0.3, -0.25) is 9.69 Å². The van der Waals surface area contributed by atoms with Crippen molar-refractivity contribution in [1.82, 2.24) is 9.80 Å². The van der Waals surface area contributed by atoms with Crippen molar-refractivity contribution in [2.45, 2.75) is 31.9 Å². The topological polar surface area (TPSA) is 32.8 Å². The number of carbonyl (C=O) groups is 1. The molecule has 2 saturated heterocycles. The fourth-order valence-electron chi connectivity index (χ4n) is 3.12. The molecule has 21 heavy (non-hydrogen) atoms. The lowest BCUT2D eigenvalue weighted by molar-refractivity contribution is -0.137. The van der Waals surface area contributed by atoms with Crippen molar-refractivity contribution in [3.05, 3.63) is 35.9 Å². The van der Waals surface area contributed by atoms with Gasteiger partial charge in [0.2, 0.25) is 5.91 Å². The summed E-state index contributed by atoms with van der Waals surface area (Å²) in [6.45, 7) is 4.83. The van der Waals surface area contributed by atoms with Crippen LogP contribution in [-0.2, 0) is 16.1 Å². The van der Waals surface area contributed by atoms with Gasteiger partial charge < -0.3 is 9.64 Å². The summed E-state index contributed by atoms with van der Waals surface area (Å²) in [5.74, 6) is 0.237. The molecule has 0 saturated carbocycles. The molecule has 1 unspecified atom stereocenters. The molecular formula is C17H24N2O2. The molecule has 0 aromatic heterocycles. The Morgan fingerprint density at radius 1 is 1.14 bits per heavy atom. The molecule has 0 N–H and O–H groups in total. The first-order chi connectivity index (χ1) is 10.3. The molecule has 2 aliphatic rings. The van der Waals surface area contributed by atoms with E-state index in [1.165, 1.54) is 18.4 Å². The van der Waals surface area contributed by atoms with Crippen molar-refractivity contribution in [2.75, 3.05) is 32.8 Å². The summed E-state index contributed by atoms with van der Waals surface area (Å²) in [5.41, 5.74) is 1.20. The number of amides is 1. The van der Waals surface area contributed by atoms with Crippen LogP contribution in [0.25, 0.3) is 0 Å². The van der Waals surface area contributed by atoms with Gasteiger partial charge in [0.25, 0.3) is 0 Å². The van der Waals surface area contributed by atoms with Gasteiger partial charge in [0.15, 0.2) is 0 Å². The van der Waals surface area contributed by atoms with Crippen molar-refractivity contribution in [1.29, 1.82) is 0 Å². The van der Waals surface area contributed by atoms with Crippen LogP contribution in [0, 0.1) is 0 Å². The third-order valence-electron chi connectivity index (χ3n) is 4.35. The molecule has 0 radical (unpaired) electrons. The molecule has 2 aliphatic heterocycles. The summed E-state index contributed by atoms with van der Waals surface area (Å²) in [6, 6.07) is 10.2. The van der Waals surface area contributed by atoms with Gasteiger partial charge in [-0.05, 0) is 24.8 Å². The van der Waals surface area contributed by atoms with Gasteiger partial charge in [-0.15, -0.1) is 0 Å². The van der Waals surface area contributed by atoms with Gasteiger partial charge >= 0.3 is 0 Å². The number of hydrogen-bond acceptors (Lipinski definition) is 3. The first-order valence-corrected chi connectivity index (χ1v) is 7.97. The van der Waals surface area contributed by atoms with Gasteiger partial charge in [0.05, 0.1) is 12.6 Å². The number of piperazine rings is 1. The van der Waals surface area contributed by atoms with Crippen molar-refractivity contribution in [3.63, 3.8) is 0 Å². The second-order valence-electron chi connectivity index (χ2n) is 6.02. The number of rotatable bonds is 4. The van der Waals surface area contributed by atoms with Crippen LogP contribution in [0.5, 0.6) is 0 Å². The van der Waals surface area contributed by atoms with E-state index in [0.717, 1.165) is 39.2 Å². The van der Waals surface area contributed by atoms with Crippen molar-refractivity contribution in [3.8, 4) is 0 Å². The van der Waals surface area contributed by atoms with Crippen molar-refractivity contribution >= 4 is 5.91 Å². The quantitative estimate of drug-likeness (QED) is 0.848. The van der Waals surface area contributed by atoms with Crippen LogP contribution >= 0.6 is 0 Å². The zero-order chi connectivity index (χ0) is 14.5. The molecular weight excluding hydrogens is 264 g/mol. The van der Waals surface area contributed by atoms with Gasteiger partial charge in [-0.1, -0.05) is 30.3 Å². The Hall–Kier alpha value is -1.39. The summed E-state index contributed by atoms with van der Waals surface area (Å²) in [7, 11) is 0. The normalized spacial score (nSPS) is 24.3. The van der Waals surface area contributed by atoms with Gasteiger partial charge in [0.1, 0.15) is 0 Å². The molecule has 3 rings (SSSR count). The lowest BCUT2D eigenvalue weighted by atomic mass is 10.1. The Kier molecular flexibility index (Phi) is 4.88. The fraction of sp³-hybridized carbons (Fsp3) is 0.588. The Balaban J connectivity index is 1.48. The summed E-state index contributed by atoms with van der Waals surface area (Å²) in [6.07, 6.45) is 3.90. The highest BCUT2D eigenvalue weighted by Crippen LogP contribution is 2.16. The Morgan fingerprint density at radius 2 is 2.00 bits per heavy atom. The molecule has 1 aromatic carbocycles. The van der Waals surface area contributed by atoms with Gasteiger partial charge in [-0.25, -0.2) is 0 Å². The smallest absolute Gasteiger partial charge is 0.237 e. The van der Waals surface area contributed by atoms with Crippen LogP contribution in [0.3, 0.4) is 0 Å². The van der Waals surface area contributed by atoms with E-state index in [1.807, 2.05) is 23.1 Å². The maximum absolute atomic E-state index is 12.3. The summed E-state index contributed by atoms with van der Waals surface area (Å²) >= 11 is 0. The minimum atomic E-state index is 0.237. The molecule has 1 amide bonds. The van der Waals surface area contributed by atoms with E-state index in [9.17, 15) is 4.79 Å². The maximum atomic E-state index is 12.3. The maximum Gasteiger partial charge on any atom is 0.237 e. The fourth-order valence-corrected chi connectivity index (χ4v) is 3.12. The minimum absolute atomic E-state index is 0.237. The van der Waals surface area contributed by atoms with E-state index in [2.05, 4.69) is 17.0 Å². The molecule has 2 fully saturated rings. The minimum Gasteiger partial charge on any atom is -0.377 e. The molecule has 4 heteroatoms. The molecule has 114 valence electrons. The Labute approximate surface area is 126 Å². The van der Waals surface area contributed by atoms with Crippen LogP contribution in [0.4, 0.5) is 0 Å². The predicted molar refractivity (Wildman–Crippen MR) is 81.9 cm³/mol. The average Bonchev–Trinajstić information content (AvgIpc) is 2.52. The van der Waals surface area contributed by atoms with Crippen LogP contribution in [0.1, 0.15) is 24.8 Å². The van der Waals surface area contributed by atoms with E-state index in [4.69, 9.17) is 4.74 Å². The van der Waals surface area contributed by atoms with Crippen LogP contribution in [0.15, 0.2) is 30.3 Å². The first kappa shape index (κ1) is 14.5. The highest BCUT2D eigenvalue weighted by molar-refractivity contribution is 5.79. The zero-order valence-electron chi connectivity index (χ0n) is 12.5. The van der Waals surface area contributed by atoms with E-state index in [0.29, 0.717) is 12.6 Å². The molecule has 1 atom stereocenters. The van der Waals surface area contributed by atoms with Crippen LogP contribution in [-0.4, -0.2) is 54.6 Å². The molecule has 0 bridgehead atoms. The predicted octanol–water partition coefficient (Wildman–Crippen LogP) is 1.90. The number of nitrogens with zero attached hydrogens (tertiary/aromatic N) is 2. The Bertz CT molecular complexity index is 457. The number of benzene rings is 1. The Morgan fingerprint density at radius 3 is 2.71 bits per heavy atom. The first-order valence-electron chi connectivity index (χ1n) is 7.97. The van der Waals surface area contributed by atoms with Gasteiger partial charge in [0, 0.05) is 32.8 Å². The third kappa shape index (κ3) is 4.05. The molecule has 1 aromatic rings. The molecule has 4 nitrogen and oxygen atoms in total. The van der Waals surface area contributed by atoms with Crippen molar-refractivity contribution < 1.29 is 9.53 Å².